The lowest BCUT2D eigenvalue weighted by molar-refractivity contribution is -0.123. The van der Waals surface area contributed by atoms with Gasteiger partial charge in [0.05, 0.1) is 16.5 Å². The van der Waals surface area contributed by atoms with Crippen molar-refractivity contribution in [1.29, 1.82) is 0 Å². The van der Waals surface area contributed by atoms with E-state index in [4.69, 9.17) is 16.0 Å². The van der Waals surface area contributed by atoms with Crippen molar-refractivity contribution < 1.29 is 14.0 Å². The van der Waals surface area contributed by atoms with Crippen LogP contribution in [-0.2, 0) is 11.3 Å². The molecule has 0 bridgehead atoms. The number of benzene rings is 2. The number of hydrogen-bond donors (Lipinski definition) is 0. The fourth-order valence-electron chi connectivity index (χ4n) is 2.80. The van der Waals surface area contributed by atoms with Gasteiger partial charge in [0, 0.05) is 16.1 Å². The molecule has 7 heteroatoms. The molecule has 4 nitrogen and oxygen atoms in total. The predicted molar refractivity (Wildman–Crippen MR) is 115 cm³/mol. The van der Waals surface area contributed by atoms with E-state index in [0.717, 1.165) is 27.4 Å². The number of imide groups is 1. The van der Waals surface area contributed by atoms with Crippen molar-refractivity contribution in [3.8, 4) is 11.3 Å². The third kappa shape index (κ3) is 3.81. The van der Waals surface area contributed by atoms with E-state index in [2.05, 4.69) is 15.9 Å². The molecule has 0 radical (unpaired) electrons. The Morgan fingerprint density at radius 3 is 2.57 bits per heavy atom. The van der Waals surface area contributed by atoms with Gasteiger partial charge in [0.25, 0.3) is 11.1 Å². The first-order valence-corrected chi connectivity index (χ1v) is 10.3. The second-order valence-electron chi connectivity index (χ2n) is 6.04. The minimum atomic E-state index is -0.332. The van der Waals surface area contributed by atoms with Crippen molar-refractivity contribution in [1.82, 2.24) is 4.90 Å². The quantitative estimate of drug-likeness (QED) is 0.400. The van der Waals surface area contributed by atoms with Gasteiger partial charge in [-0.25, -0.2) is 0 Å². The van der Waals surface area contributed by atoms with Crippen LogP contribution in [0.15, 0.2) is 74.5 Å². The zero-order valence-corrected chi connectivity index (χ0v) is 17.6. The zero-order chi connectivity index (χ0) is 19.7. The normalized spacial score (nSPS) is 15.6. The first-order valence-electron chi connectivity index (χ1n) is 8.36. The molecule has 0 atom stereocenters. The summed E-state index contributed by atoms with van der Waals surface area (Å²) in [7, 11) is 0. The molecule has 1 aromatic heterocycles. The Balaban J connectivity index is 1.56. The molecule has 0 aliphatic carbocycles. The second kappa shape index (κ2) is 7.99. The zero-order valence-electron chi connectivity index (χ0n) is 14.4. The van der Waals surface area contributed by atoms with E-state index in [1.54, 1.807) is 24.3 Å². The second-order valence-corrected chi connectivity index (χ2v) is 8.30. The molecule has 28 heavy (non-hydrogen) atoms. The number of thioether (sulfide) groups is 1. The maximum absolute atomic E-state index is 12.7. The first kappa shape index (κ1) is 19.1. The topological polar surface area (TPSA) is 50.5 Å². The smallest absolute Gasteiger partial charge is 0.293 e. The third-order valence-electron chi connectivity index (χ3n) is 4.20. The van der Waals surface area contributed by atoms with Gasteiger partial charge in [-0.15, -0.1) is 0 Å². The van der Waals surface area contributed by atoms with Crippen molar-refractivity contribution in [2.45, 2.75) is 6.54 Å². The highest BCUT2D eigenvalue weighted by Gasteiger charge is 2.35. The molecule has 1 aliphatic heterocycles. The van der Waals surface area contributed by atoms with Crippen molar-refractivity contribution in [3.63, 3.8) is 0 Å². The van der Waals surface area contributed by atoms with Crippen LogP contribution in [0.5, 0.6) is 0 Å². The van der Waals surface area contributed by atoms with Crippen molar-refractivity contribution in [2.24, 2.45) is 0 Å². The average molecular weight is 475 g/mol. The number of hydrogen-bond acceptors (Lipinski definition) is 4. The molecule has 0 saturated carbocycles. The number of carbonyl (C=O) groups is 2. The number of nitrogens with zero attached hydrogens (tertiary/aromatic N) is 1. The number of carbonyl (C=O) groups excluding carboxylic acids is 2. The Labute approximate surface area is 179 Å². The van der Waals surface area contributed by atoms with Gasteiger partial charge >= 0.3 is 0 Å². The standard InChI is InChI=1S/C21H13BrClNO3S/c22-16-7-3-1-5-13(16)12-24-20(25)19(28-21(24)26)11-14-9-10-18(27-14)15-6-2-4-8-17(15)23/h1-11H,12H2/b19-11-. The van der Waals surface area contributed by atoms with E-state index in [-0.39, 0.29) is 17.7 Å². The lowest BCUT2D eigenvalue weighted by Gasteiger charge is -2.13. The summed E-state index contributed by atoms with van der Waals surface area (Å²) < 4.78 is 6.66. The van der Waals surface area contributed by atoms with E-state index < -0.39 is 0 Å². The number of rotatable bonds is 4. The molecule has 3 aromatic rings. The van der Waals surface area contributed by atoms with Gasteiger partial charge in [0.15, 0.2) is 0 Å². The molecular weight excluding hydrogens is 462 g/mol. The number of halogens is 2. The van der Waals surface area contributed by atoms with Crippen LogP contribution in [0.25, 0.3) is 17.4 Å². The number of furan rings is 1. The summed E-state index contributed by atoms with van der Waals surface area (Å²) in [5, 5.41) is 0.280. The van der Waals surface area contributed by atoms with E-state index in [0.29, 0.717) is 21.4 Å². The van der Waals surface area contributed by atoms with Gasteiger partial charge in [-0.1, -0.05) is 57.9 Å². The molecule has 2 aromatic carbocycles. The minimum absolute atomic E-state index is 0.215. The molecular formula is C21H13BrClNO3S. The summed E-state index contributed by atoms with van der Waals surface area (Å²) in [5.74, 6) is 0.757. The van der Waals surface area contributed by atoms with Crippen LogP contribution in [0, 0.1) is 0 Å². The summed E-state index contributed by atoms with van der Waals surface area (Å²) in [6.45, 7) is 0.215. The molecule has 0 unspecified atom stereocenters. The summed E-state index contributed by atoms with van der Waals surface area (Å²) >= 11 is 10.6. The molecule has 0 spiro atoms. The molecule has 140 valence electrons. The predicted octanol–water partition coefficient (Wildman–Crippen LogP) is 6.60. The van der Waals surface area contributed by atoms with E-state index in [1.807, 2.05) is 42.5 Å². The molecule has 0 N–H and O–H groups in total. The molecule has 1 fully saturated rings. The lowest BCUT2D eigenvalue weighted by Crippen LogP contribution is -2.27. The van der Waals surface area contributed by atoms with Gasteiger partial charge in [-0.05, 0) is 47.7 Å². The molecule has 2 heterocycles. The Kier molecular flexibility index (Phi) is 5.44. The van der Waals surface area contributed by atoms with Crippen LogP contribution in [0.3, 0.4) is 0 Å². The highest BCUT2D eigenvalue weighted by Crippen LogP contribution is 2.35. The first-order chi connectivity index (χ1) is 13.5. The van der Waals surface area contributed by atoms with E-state index in [9.17, 15) is 9.59 Å². The Morgan fingerprint density at radius 1 is 1.04 bits per heavy atom. The molecule has 2 amide bonds. The van der Waals surface area contributed by atoms with Crippen LogP contribution < -0.4 is 0 Å². The number of amides is 2. The van der Waals surface area contributed by atoms with Crippen molar-refractivity contribution in [3.05, 3.63) is 86.4 Å². The SMILES string of the molecule is O=C1S/C(=C\c2ccc(-c3ccccc3Cl)o2)C(=O)N1Cc1ccccc1Br. The van der Waals surface area contributed by atoms with Crippen LogP contribution in [0.1, 0.15) is 11.3 Å². The van der Waals surface area contributed by atoms with Crippen LogP contribution >= 0.6 is 39.3 Å². The van der Waals surface area contributed by atoms with Gasteiger partial charge in [-0.3, -0.25) is 14.5 Å². The van der Waals surface area contributed by atoms with Gasteiger partial charge < -0.3 is 4.42 Å². The monoisotopic (exact) mass is 473 g/mol. The van der Waals surface area contributed by atoms with Crippen LogP contribution in [0.2, 0.25) is 5.02 Å². The summed E-state index contributed by atoms with van der Waals surface area (Å²) in [4.78, 5) is 26.6. The fourth-order valence-corrected chi connectivity index (χ4v) is 4.26. The summed E-state index contributed by atoms with van der Waals surface area (Å²) in [6.07, 6.45) is 1.59. The Hall–Kier alpha value is -2.28. The van der Waals surface area contributed by atoms with Gasteiger partial charge in [0.2, 0.25) is 0 Å². The van der Waals surface area contributed by atoms with E-state index in [1.165, 1.54) is 4.90 Å². The van der Waals surface area contributed by atoms with Gasteiger partial charge in [-0.2, -0.15) is 0 Å². The van der Waals surface area contributed by atoms with E-state index >= 15 is 0 Å². The lowest BCUT2D eigenvalue weighted by atomic mass is 10.2. The van der Waals surface area contributed by atoms with Crippen LogP contribution in [-0.4, -0.2) is 16.0 Å². The highest BCUT2D eigenvalue weighted by molar-refractivity contribution is 9.10. The fraction of sp³-hybridized carbons (Fsp3) is 0.0476. The largest absolute Gasteiger partial charge is 0.457 e. The Bertz CT molecular complexity index is 1110. The Morgan fingerprint density at radius 2 is 1.79 bits per heavy atom. The summed E-state index contributed by atoms with van der Waals surface area (Å²) in [6, 6.07) is 18.4. The minimum Gasteiger partial charge on any atom is -0.457 e. The van der Waals surface area contributed by atoms with Crippen molar-refractivity contribution in [2.75, 3.05) is 0 Å². The molecule has 4 rings (SSSR count). The van der Waals surface area contributed by atoms with Crippen molar-refractivity contribution >= 4 is 56.5 Å². The highest BCUT2D eigenvalue weighted by atomic mass is 79.9. The third-order valence-corrected chi connectivity index (χ3v) is 6.21. The maximum Gasteiger partial charge on any atom is 0.293 e. The molecule has 1 aliphatic rings. The average Bonchev–Trinajstić information content (AvgIpc) is 3.24. The molecule has 1 saturated heterocycles. The van der Waals surface area contributed by atoms with Gasteiger partial charge in [0.1, 0.15) is 11.5 Å². The maximum atomic E-state index is 12.7. The van der Waals surface area contributed by atoms with Crippen LogP contribution in [0.4, 0.5) is 4.79 Å². The summed E-state index contributed by atoms with van der Waals surface area (Å²) in [5.41, 5.74) is 1.64.